The van der Waals surface area contributed by atoms with Crippen molar-refractivity contribution in [3.8, 4) is 10.6 Å². The van der Waals surface area contributed by atoms with Crippen molar-refractivity contribution in [2.24, 2.45) is 0 Å². The minimum absolute atomic E-state index is 0.799. The third-order valence-electron chi connectivity index (χ3n) is 1.22. The maximum Gasteiger partial charge on any atom is 0.152 e. The Morgan fingerprint density at radius 2 is 2.36 bits per heavy atom. The fraction of sp³-hybridized carbons (Fsp3) is 0. The summed E-state index contributed by atoms with van der Waals surface area (Å²) in [5.74, 6) is 0. The molecule has 1 nitrogen and oxygen atoms in total. The van der Waals surface area contributed by atoms with Crippen LogP contribution in [-0.2, 0) is 0 Å². The second-order valence-corrected chi connectivity index (χ2v) is 4.30. The molecule has 0 aliphatic carbocycles. The number of rotatable bonds is 1. The summed E-state index contributed by atoms with van der Waals surface area (Å²) in [6.45, 7) is 0. The van der Waals surface area contributed by atoms with Crippen molar-refractivity contribution in [2.45, 2.75) is 0 Å². The quantitative estimate of drug-likeness (QED) is 0.688. The van der Waals surface area contributed by atoms with Crippen molar-refractivity contribution in [1.29, 1.82) is 0 Å². The molecule has 0 N–H and O–H groups in total. The highest BCUT2D eigenvalue weighted by Crippen LogP contribution is 2.30. The lowest BCUT2D eigenvalue weighted by atomic mass is 10.4. The van der Waals surface area contributed by atoms with Crippen LogP contribution in [0.15, 0.2) is 17.5 Å². The van der Waals surface area contributed by atoms with Gasteiger partial charge in [-0.3, -0.25) is 0 Å². The predicted octanol–water partition coefficient (Wildman–Crippen LogP) is 3.33. The van der Waals surface area contributed by atoms with Gasteiger partial charge < -0.3 is 0 Å². The normalized spacial score (nSPS) is 10.3. The number of hydrogen-bond donors (Lipinski definition) is 0. The van der Waals surface area contributed by atoms with Crippen LogP contribution >= 0.6 is 34.3 Å². The zero-order chi connectivity index (χ0) is 7.68. The molecule has 11 heavy (non-hydrogen) atoms. The number of aromatic nitrogens is 1. The first kappa shape index (κ1) is 7.28. The molecule has 2 aromatic rings. The van der Waals surface area contributed by atoms with Gasteiger partial charge in [0, 0.05) is 5.38 Å². The van der Waals surface area contributed by atoms with Gasteiger partial charge in [0.05, 0.1) is 14.9 Å². The van der Waals surface area contributed by atoms with Gasteiger partial charge in [0.1, 0.15) is 0 Å². The highest BCUT2D eigenvalue weighted by atomic mass is 35.5. The molecule has 0 spiro atoms. The van der Waals surface area contributed by atoms with Gasteiger partial charge in [-0.05, 0) is 12.1 Å². The molecular weight excluding hydrogens is 198 g/mol. The minimum atomic E-state index is 0.799. The number of halogens is 1. The summed E-state index contributed by atoms with van der Waals surface area (Å²) in [4.78, 5) is 5.15. The van der Waals surface area contributed by atoms with Crippen molar-refractivity contribution in [2.75, 3.05) is 0 Å². The van der Waals surface area contributed by atoms with E-state index in [1.165, 1.54) is 22.7 Å². The van der Waals surface area contributed by atoms with Crippen LogP contribution in [0.4, 0.5) is 0 Å². The summed E-state index contributed by atoms with van der Waals surface area (Å²) in [5, 5.41) is 1.96. The second-order valence-electron chi connectivity index (χ2n) is 1.93. The van der Waals surface area contributed by atoms with E-state index in [1.54, 1.807) is 0 Å². The first-order valence-corrected chi connectivity index (χ1v) is 5.01. The molecule has 0 aromatic carbocycles. The largest absolute Gasteiger partial charge is 0.233 e. The molecule has 0 atom stereocenters. The van der Waals surface area contributed by atoms with Crippen molar-refractivity contribution in [3.63, 3.8) is 0 Å². The molecule has 0 unspecified atom stereocenters. The molecule has 0 bridgehead atoms. The summed E-state index contributed by atoms with van der Waals surface area (Å²) in [7, 11) is 0. The molecule has 1 radical (unpaired) electrons. The number of nitrogens with zero attached hydrogens (tertiary/aromatic N) is 1. The van der Waals surface area contributed by atoms with Crippen LogP contribution in [0, 0.1) is 5.51 Å². The Morgan fingerprint density at radius 3 is 2.91 bits per heavy atom. The van der Waals surface area contributed by atoms with E-state index < -0.39 is 0 Å². The van der Waals surface area contributed by atoms with Crippen LogP contribution in [0.3, 0.4) is 0 Å². The zero-order valence-corrected chi connectivity index (χ0v) is 7.76. The Morgan fingerprint density at radius 1 is 1.45 bits per heavy atom. The van der Waals surface area contributed by atoms with Gasteiger partial charge in [0.15, 0.2) is 5.51 Å². The van der Waals surface area contributed by atoms with Crippen LogP contribution in [0.1, 0.15) is 0 Å². The van der Waals surface area contributed by atoms with Gasteiger partial charge in [0.2, 0.25) is 0 Å². The predicted molar refractivity (Wildman–Crippen MR) is 49.3 cm³/mol. The highest BCUT2D eigenvalue weighted by Gasteiger charge is 2.01. The fourth-order valence-electron chi connectivity index (χ4n) is 0.749. The van der Waals surface area contributed by atoms with Crippen LogP contribution in [0.25, 0.3) is 10.6 Å². The molecule has 55 valence electrons. The maximum atomic E-state index is 5.76. The van der Waals surface area contributed by atoms with E-state index in [2.05, 4.69) is 10.5 Å². The molecule has 2 rings (SSSR count). The van der Waals surface area contributed by atoms with Crippen molar-refractivity contribution >= 4 is 34.3 Å². The summed E-state index contributed by atoms with van der Waals surface area (Å²) in [5.41, 5.74) is 3.76. The fourth-order valence-corrected chi connectivity index (χ4v) is 2.32. The number of thiophene rings is 1. The van der Waals surface area contributed by atoms with Crippen molar-refractivity contribution in [3.05, 3.63) is 27.4 Å². The lowest BCUT2D eigenvalue weighted by Gasteiger charge is -1.84. The Kier molecular flexibility index (Phi) is 1.94. The zero-order valence-electron chi connectivity index (χ0n) is 5.37. The summed E-state index contributed by atoms with van der Waals surface area (Å²) >= 11 is 8.77. The van der Waals surface area contributed by atoms with Crippen LogP contribution in [0.5, 0.6) is 0 Å². The van der Waals surface area contributed by atoms with E-state index in [9.17, 15) is 0 Å². The molecule has 2 aromatic heterocycles. The topological polar surface area (TPSA) is 12.9 Å². The summed E-state index contributed by atoms with van der Waals surface area (Å²) in [6, 6.07) is 3.84. The number of hydrogen-bond acceptors (Lipinski definition) is 3. The Bertz CT molecular complexity index is 339. The first-order valence-electron chi connectivity index (χ1n) is 2.93. The molecule has 4 heteroatoms. The van der Waals surface area contributed by atoms with Crippen LogP contribution in [-0.4, -0.2) is 4.98 Å². The molecule has 0 fully saturated rings. The molecule has 2 heterocycles. The third kappa shape index (κ3) is 1.45. The summed E-state index contributed by atoms with van der Waals surface area (Å²) in [6.07, 6.45) is 0. The van der Waals surface area contributed by atoms with Crippen molar-refractivity contribution in [1.82, 2.24) is 4.98 Å². The van der Waals surface area contributed by atoms with Gasteiger partial charge in [-0.15, -0.1) is 22.7 Å². The number of thiazole rings is 1. The van der Waals surface area contributed by atoms with E-state index >= 15 is 0 Å². The Labute approximate surface area is 77.3 Å². The van der Waals surface area contributed by atoms with E-state index in [4.69, 9.17) is 11.6 Å². The third-order valence-corrected chi connectivity index (χ3v) is 3.01. The average Bonchev–Trinajstić information content (AvgIpc) is 2.55. The van der Waals surface area contributed by atoms with Gasteiger partial charge in [0.25, 0.3) is 0 Å². The van der Waals surface area contributed by atoms with E-state index in [0.29, 0.717) is 0 Å². The molecule has 0 aliphatic rings. The van der Waals surface area contributed by atoms with Crippen LogP contribution in [0.2, 0.25) is 4.34 Å². The second kappa shape index (κ2) is 2.93. The highest BCUT2D eigenvalue weighted by molar-refractivity contribution is 7.19. The Hall–Kier alpha value is -0.380. The first-order chi connectivity index (χ1) is 5.36. The molecular formula is C7H3ClNS2. The molecule has 0 saturated carbocycles. The monoisotopic (exact) mass is 200 g/mol. The van der Waals surface area contributed by atoms with Gasteiger partial charge in [-0.1, -0.05) is 11.6 Å². The molecule has 0 amide bonds. The lowest BCUT2D eigenvalue weighted by molar-refractivity contribution is 1.42. The van der Waals surface area contributed by atoms with E-state index in [0.717, 1.165) is 14.9 Å². The van der Waals surface area contributed by atoms with E-state index in [-0.39, 0.29) is 0 Å². The molecule has 0 aliphatic heterocycles. The Balaban J connectivity index is 2.45. The van der Waals surface area contributed by atoms with Gasteiger partial charge in [-0.2, -0.15) is 0 Å². The average molecular weight is 201 g/mol. The smallest absolute Gasteiger partial charge is 0.152 e. The lowest BCUT2D eigenvalue weighted by Crippen LogP contribution is -1.66. The minimum Gasteiger partial charge on any atom is -0.233 e. The SMILES string of the molecule is Clc1ccc(-c2cs[c]n2)s1. The molecule has 0 saturated heterocycles. The standard InChI is InChI=1S/C7H3ClNS2/c8-7-2-1-6(11-7)5-3-10-4-9-5/h1-3H. The van der Waals surface area contributed by atoms with Crippen LogP contribution < -0.4 is 0 Å². The van der Waals surface area contributed by atoms with Gasteiger partial charge in [-0.25, -0.2) is 4.98 Å². The summed E-state index contributed by atoms with van der Waals surface area (Å²) < 4.78 is 0.799. The van der Waals surface area contributed by atoms with Crippen molar-refractivity contribution < 1.29 is 0 Å². The van der Waals surface area contributed by atoms with E-state index in [1.807, 2.05) is 17.5 Å². The van der Waals surface area contributed by atoms with Gasteiger partial charge >= 0.3 is 0 Å². The maximum absolute atomic E-state index is 5.76.